The van der Waals surface area contributed by atoms with E-state index in [1.807, 2.05) is 25.1 Å². The molecule has 0 saturated heterocycles. The van der Waals surface area contributed by atoms with Crippen molar-refractivity contribution in [3.8, 4) is 0 Å². The van der Waals surface area contributed by atoms with Crippen molar-refractivity contribution in [2.45, 2.75) is 13.8 Å². The topological polar surface area (TPSA) is 47.8 Å². The van der Waals surface area contributed by atoms with E-state index < -0.39 is 0 Å². The van der Waals surface area contributed by atoms with E-state index in [4.69, 9.17) is 0 Å². The lowest BCUT2D eigenvalue weighted by molar-refractivity contribution is 0.0924. The SMILES string of the molecule is CC(=O)n1nnc2cc(C)ccc21. The minimum Gasteiger partial charge on any atom is -0.273 e. The van der Waals surface area contributed by atoms with Crippen LogP contribution < -0.4 is 0 Å². The van der Waals surface area contributed by atoms with Crippen molar-refractivity contribution in [1.29, 1.82) is 0 Å². The third-order valence-corrected chi connectivity index (χ3v) is 1.90. The van der Waals surface area contributed by atoms with Crippen LogP contribution in [0.1, 0.15) is 17.3 Å². The lowest BCUT2D eigenvalue weighted by atomic mass is 10.2. The van der Waals surface area contributed by atoms with Crippen LogP contribution in [-0.2, 0) is 0 Å². The van der Waals surface area contributed by atoms with Gasteiger partial charge in [0.05, 0.1) is 5.52 Å². The molecule has 4 nitrogen and oxygen atoms in total. The summed E-state index contributed by atoms with van der Waals surface area (Å²) >= 11 is 0. The highest BCUT2D eigenvalue weighted by molar-refractivity contribution is 5.87. The van der Waals surface area contributed by atoms with Gasteiger partial charge in [0.15, 0.2) is 0 Å². The first kappa shape index (κ1) is 7.91. The first-order chi connectivity index (χ1) is 6.18. The van der Waals surface area contributed by atoms with E-state index in [2.05, 4.69) is 10.3 Å². The van der Waals surface area contributed by atoms with Crippen LogP contribution >= 0.6 is 0 Å². The second-order valence-electron chi connectivity index (χ2n) is 3.01. The van der Waals surface area contributed by atoms with Crippen molar-refractivity contribution in [3.63, 3.8) is 0 Å². The van der Waals surface area contributed by atoms with Gasteiger partial charge >= 0.3 is 0 Å². The van der Waals surface area contributed by atoms with E-state index in [0.29, 0.717) is 0 Å². The number of carbonyl (C=O) groups is 1. The van der Waals surface area contributed by atoms with Crippen LogP contribution in [0.5, 0.6) is 0 Å². The van der Waals surface area contributed by atoms with Gasteiger partial charge in [0.1, 0.15) is 5.52 Å². The summed E-state index contributed by atoms with van der Waals surface area (Å²) in [6.07, 6.45) is 0. The Labute approximate surface area is 75.2 Å². The van der Waals surface area contributed by atoms with Crippen LogP contribution in [0.2, 0.25) is 0 Å². The Morgan fingerprint density at radius 2 is 2.23 bits per heavy atom. The van der Waals surface area contributed by atoms with Crippen LogP contribution in [-0.4, -0.2) is 20.9 Å². The van der Waals surface area contributed by atoms with Gasteiger partial charge in [-0.25, -0.2) is 0 Å². The molecule has 0 aliphatic heterocycles. The fourth-order valence-electron chi connectivity index (χ4n) is 1.27. The number of nitrogens with zero attached hydrogens (tertiary/aromatic N) is 3. The van der Waals surface area contributed by atoms with Gasteiger partial charge in [-0.2, -0.15) is 4.68 Å². The normalized spacial score (nSPS) is 10.6. The van der Waals surface area contributed by atoms with Gasteiger partial charge < -0.3 is 0 Å². The highest BCUT2D eigenvalue weighted by atomic mass is 16.2. The van der Waals surface area contributed by atoms with Crippen molar-refractivity contribution < 1.29 is 4.79 Å². The summed E-state index contributed by atoms with van der Waals surface area (Å²) in [6.45, 7) is 3.44. The number of fused-ring (bicyclic) bond motifs is 1. The van der Waals surface area contributed by atoms with E-state index in [-0.39, 0.29) is 5.91 Å². The predicted octanol–water partition coefficient (Wildman–Crippen LogP) is 1.40. The highest BCUT2D eigenvalue weighted by Crippen LogP contribution is 2.12. The zero-order valence-corrected chi connectivity index (χ0v) is 7.48. The second-order valence-corrected chi connectivity index (χ2v) is 3.01. The molecule has 2 rings (SSSR count). The third-order valence-electron chi connectivity index (χ3n) is 1.90. The zero-order chi connectivity index (χ0) is 9.42. The quantitative estimate of drug-likeness (QED) is 0.608. The first-order valence-corrected chi connectivity index (χ1v) is 4.01. The largest absolute Gasteiger partial charge is 0.273 e. The molecule has 0 amide bonds. The van der Waals surface area contributed by atoms with E-state index in [1.165, 1.54) is 11.6 Å². The second kappa shape index (κ2) is 2.65. The average molecular weight is 175 g/mol. The van der Waals surface area contributed by atoms with Crippen molar-refractivity contribution in [1.82, 2.24) is 15.0 Å². The maximum absolute atomic E-state index is 11.1. The molecule has 1 aromatic heterocycles. The third kappa shape index (κ3) is 1.20. The van der Waals surface area contributed by atoms with Gasteiger partial charge in [-0.15, -0.1) is 5.10 Å². The molecule has 13 heavy (non-hydrogen) atoms. The minimum atomic E-state index is -0.119. The molecule has 0 aliphatic carbocycles. The molecule has 0 radical (unpaired) electrons. The molecule has 0 atom stereocenters. The molecule has 1 aromatic carbocycles. The van der Waals surface area contributed by atoms with E-state index >= 15 is 0 Å². The number of benzene rings is 1. The highest BCUT2D eigenvalue weighted by Gasteiger charge is 2.06. The van der Waals surface area contributed by atoms with Crippen LogP contribution in [0.3, 0.4) is 0 Å². The van der Waals surface area contributed by atoms with Crippen LogP contribution in [0.25, 0.3) is 11.0 Å². The molecule has 0 aliphatic rings. The Kier molecular flexibility index (Phi) is 1.62. The number of rotatable bonds is 0. The minimum absolute atomic E-state index is 0.119. The average Bonchev–Trinajstić information content (AvgIpc) is 2.46. The molecular formula is C9H9N3O. The molecule has 2 aromatic rings. The molecule has 66 valence electrons. The maximum atomic E-state index is 11.1. The fraction of sp³-hybridized carbons (Fsp3) is 0.222. The number of aryl methyl sites for hydroxylation is 1. The van der Waals surface area contributed by atoms with Gasteiger partial charge in [0.25, 0.3) is 0 Å². The predicted molar refractivity (Wildman–Crippen MR) is 48.6 cm³/mol. The molecular weight excluding hydrogens is 166 g/mol. The van der Waals surface area contributed by atoms with Crippen LogP contribution in [0, 0.1) is 6.92 Å². The van der Waals surface area contributed by atoms with E-state index in [9.17, 15) is 4.79 Å². The van der Waals surface area contributed by atoms with Gasteiger partial charge in [0.2, 0.25) is 5.91 Å². The molecule has 0 saturated carbocycles. The summed E-state index contributed by atoms with van der Waals surface area (Å²) < 4.78 is 1.30. The summed E-state index contributed by atoms with van der Waals surface area (Å²) in [5.41, 5.74) is 2.64. The van der Waals surface area contributed by atoms with Gasteiger partial charge in [0, 0.05) is 6.92 Å². The lowest BCUT2D eigenvalue weighted by Crippen LogP contribution is -2.06. The Morgan fingerprint density at radius 1 is 1.46 bits per heavy atom. The molecule has 0 unspecified atom stereocenters. The zero-order valence-electron chi connectivity index (χ0n) is 7.48. The number of aromatic nitrogens is 3. The monoisotopic (exact) mass is 175 g/mol. The fourth-order valence-corrected chi connectivity index (χ4v) is 1.27. The summed E-state index contributed by atoms with van der Waals surface area (Å²) in [7, 11) is 0. The molecule has 1 heterocycles. The van der Waals surface area contributed by atoms with Gasteiger partial charge in [-0.3, -0.25) is 4.79 Å². The smallest absolute Gasteiger partial charge is 0.245 e. The number of hydrogen-bond donors (Lipinski definition) is 0. The van der Waals surface area contributed by atoms with Crippen molar-refractivity contribution >= 4 is 16.9 Å². The van der Waals surface area contributed by atoms with Crippen molar-refractivity contribution in [2.75, 3.05) is 0 Å². The Morgan fingerprint density at radius 3 is 2.92 bits per heavy atom. The van der Waals surface area contributed by atoms with Crippen LogP contribution in [0.15, 0.2) is 18.2 Å². The first-order valence-electron chi connectivity index (χ1n) is 4.01. The summed E-state index contributed by atoms with van der Waals surface area (Å²) in [5, 5.41) is 7.65. The van der Waals surface area contributed by atoms with Crippen LogP contribution in [0.4, 0.5) is 0 Å². The Bertz CT molecular complexity index is 473. The Hall–Kier alpha value is -1.71. The van der Waals surface area contributed by atoms with Crippen molar-refractivity contribution in [2.24, 2.45) is 0 Å². The standard InChI is InChI=1S/C9H9N3O/c1-6-3-4-9-8(5-6)10-11-12(9)7(2)13/h3-5H,1-2H3. The van der Waals surface area contributed by atoms with E-state index in [1.54, 1.807) is 0 Å². The summed E-state index contributed by atoms with van der Waals surface area (Å²) in [5.74, 6) is -0.119. The lowest BCUT2D eigenvalue weighted by Gasteiger charge is -1.94. The van der Waals surface area contributed by atoms with Crippen molar-refractivity contribution in [3.05, 3.63) is 23.8 Å². The Balaban J connectivity index is 2.76. The molecule has 0 N–H and O–H groups in total. The molecule has 0 fully saturated rings. The van der Waals surface area contributed by atoms with Gasteiger partial charge in [-0.05, 0) is 24.6 Å². The molecule has 0 bridgehead atoms. The summed E-state index contributed by atoms with van der Waals surface area (Å²) in [6, 6.07) is 5.69. The number of hydrogen-bond acceptors (Lipinski definition) is 3. The maximum Gasteiger partial charge on any atom is 0.245 e. The van der Waals surface area contributed by atoms with E-state index in [0.717, 1.165) is 16.6 Å². The summed E-state index contributed by atoms with van der Waals surface area (Å²) in [4.78, 5) is 11.1. The molecule has 4 heteroatoms. The van der Waals surface area contributed by atoms with Gasteiger partial charge in [-0.1, -0.05) is 11.3 Å². The number of carbonyl (C=O) groups excluding carboxylic acids is 1. The molecule has 0 spiro atoms.